The van der Waals surface area contributed by atoms with Gasteiger partial charge in [-0.05, 0) is 0 Å². The van der Waals surface area contributed by atoms with Crippen molar-refractivity contribution in [3.63, 3.8) is 0 Å². The molecule has 1 saturated carbocycles. The van der Waals surface area contributed by atoms with E-state index in [1.54, 1.807) is 0 Å². The van der Waals surface area contributed by atoms with Gasteiger partial charge < -0.3 is 20.3 Å². The fourth-order valence-electron chi connectivity index (χ4n) is 1.71. The fourth-order valence-corrected chi connectivity index (χ4v) is 1.71. The van der Waals surface area contributed by atoms with Crippen LogP contribution in [0.3, 0.4) is 0 Å². The molecule has 0 bridgehead atoms. The van der Waals surface area contributed by atoms with E-state index in [1.807, 2.05) is 0 Å². The summed E-state index contributed by atoms with van der Waals surface area (Å²) in [7, 11) is 0. The molecule has 0 aromatic rings. The third-order valence-electron chi connectivity index (χ3n) is 2.39. The maximum absolute atomic E-state index is 4.12. The normalized spacial score (nSPS) is 30.0. The smallest absolute Gasteiger partial charge is 0.346 e. The summed E-state index contributed by atoms with van der Waals surface area (Å²) in [6.07, 6.45) is 8.72. The molecule has 0 aromatic carbocycles. The van der Waals surface area contributed by atoms with E-state index < -0.39 is 0 Å². The van der Waals surface area contributed by atoms with Crippen LogP contribution in [0, 0.1) is 32.1 Å². The number of hydrogen-bond donors (Lipinski definition) is 0. The molecule has 0 nitrogen and oxygen atoms in total. The number of rotatable bonds is 3. The van der Waals surface area contributed by atoms with Crippen LogP contribution < -0.4 is 0 Å². The number of hydrogen-bond acceptors (Lipinski definition) is 0. The van der Waals surface area contributed by atoms with E-state index >= 15 is 0 Å². The van der Waals surface area contributed by atoms with Crippen LogP contribution in [0.25, 0.3) is 0 Å². The molecule has 1 aliphatic carbocycles. The van der Waals surface area contributed by atoms with Gasteiger partial charge in [-0.3, -0.25) is 0 Å². The average molecular weight is 226 g/mol. The van der Waals surface area contributed by atoms with Gasteiger partial charge in [-0.2, -0.15) is 11.8 Å². The van der Waals surface area contributed by atoms with Crippen molar-refractivity contribution in [1.29, 1.82) is 0 Å². The van der Waals surface area contributed by atoms with Gasteiger partial charge in [-0.25, -0.2) is 12.8 Å². The van der Waals surface area contributed by atoms with Crippen LogP contribution in [0.15, 0.2) is 0 Å². The van der Waals surface area contributed by atoms with Crippen LogP contribution in [0.5, 0.6) is 0 Å². The Balaban J connectivity index is 0.000001000. The van der Waals surface area contributed by atoms with Gasteiger partial charge in [-0.15, -0.1) is 0 Å². The third-order valence-corrected chi connectivity index (χ3v) is 2.39. The van der Waals surface area contributed by atoms with Crippen molar-refractivity contribution in [2.45, 2.75) is 32.1 Å². The Morgan fingerprint density at radius 2 is 2.09 bits per heavy atom. The zero-order valence-corrected chi connectivity index (χ0v) is 10.1. The summed E-state index contributed by atoms with van der Waals surface area (Å²) in [6, 6.07) is 0. The maximum Gasteiger partial charge on any atom is 3.00 e. The molecule has 1 rings (SSSR count). The topological polar surface area (TPSA) is 0 Å². The van der Waals surface area contributed by atoms with E-state index in [9.17, 15) is 0 Å². The Kier molecular flexibility index (Phi) is 7.26. The Morgan fingerprint density at radius 3 is 2.55 bits per heavy atom. The van der Waals surface area contributed by atoms with Crippen LogP contribution in [0.4, 0.5) is 0 Å². The molecule has 0 saturated heterocycles. The van der Waals surface area contributed by atoms with Crippen molar-refractivity contribution in [3.05, 3.63) is 20.3 Å². The van der Waals surface area contributed by atoms with Gasteiger partial charge in [0.2, 0.25) is 0 Å². The van der Waals surface area contributed by atoms with Gasteiger partial charge in [0.05, 0.1) is 0 Å². The largest absolute Gasteiger partial charge is 3.00 e. The molecule has 11 heavy (non-hydrogen) atoms. The minimum atomic E-state index is 0. The zero-order valence-electron chi connectivity index (χ0n) is 7.26. The van der Waals surface area contributed by atoms with E-state index in [2.05, 4.69) is 20.3 Å². The first-order valence-electron chi connectivity index (χ1n) is 4.30. The molecule has 0 amide bonds. The molecular formula is C10H17Y. The molecule has 2 unspecified atom stereocenters. The summed E-state index contributed by atoms with van der Waals surface area (Å²) in [6.45, 7) is 7.94. The van der Waals surface area contributed by atoms with Gasteiger partial charge in [0.1, 0.15) is 0 Å². The van der Waals surface area contributed by atoms with Crippen LogP contribution in [-0.4, -0.2) is 0 Å². The van der Waals surface area contributed by atoms with Crippen molar-refractivity contribution in [2.24, 2.45) is 11.8 Å². The first kappa shape index (κ1) is 12.1. The molecule has 2 atom stereocenters. The minimum Gasteiger partial charge on any atom is -0.346 e. The quantitative estimate of drug-likeness (QED) is 0.649. The summed E-state index contributed by atoms with van der Waals surface area (Å²) < 4.78 is 0. The second kappa shape index (κ2) is 6.60. The van der Waals surface area contributed by atoms with Crippen molar-refractivity contribution in [3.8, 4) is 0 Å². The van der Waals surface area contributed by atoms with Crippen molar-refractivity contribution in [2.75, 3.05) is 0 Å². The van der Waals surface area contributed by atoms with E-state index in [1.165, 1.54) is 25.7 Å². The van der Waals surface area contributed by atoms with Gasteiger partial charge in [-0.1, -0.05) is 19.3 Å². The summed E-state index contributed by atoms with van der Waals surface area (Å²) >= 11 is 0. The van der Waals surface area contributed by atoms with E-state index in [0.717, 1.165) is 12.3 Å². The molecule has 0 N–H and O–H groups in total. The standard InChI is InChI=1S/C10H17.Y/c1-3-4-7-10-8-5-6-9(10)2;/h7,9-10H,1-6,8H2;/q-3;+3. The van der Waals surface area contributed by atoms with Crippen molar-refractivity contribution >= 4 is 0 Å². The second-order valence-electron chi connectivity index (χ2n) is 3.23. The predicted molar refractivity (Wildman–Crippen MR) is 45.1 cm³/mol. The Hall–Kier alpha value is 1.10. The van der Waals surface area contributed by atoms with Gasteiger partial charge in [0.15, 0.2) is 0 Å². The zero-order chi connectivity index (χ0) is 7.40. The Morgan fingerprint density at radius 1 is 1.36 bits per heavy atom. The molecule has 1 fully saturated rings. The second-order valence-corrected chi connectivity index (χ2v) is 3.23. The average Bonchev–Trinajstić information content (AvgIpc) is 2.31. The monoisotopic (exact) mass is 226 g/mol. The molecule has 0 aromatic heterocycles. The third kappa shape index (κ3) is 4.03. The molecule has 0 spiro atoms. The van der Waals surface area contributed by atoms with Crippen LogP contribution in [-0.2, 0) is 32.7 Å². The van der Waals surface area contributed by atoms with E-state index in [-0.39, 0.29) is 32.7 Å². The Labute approximate surface area is 96.4 Å². The SMILES string of the molecule is [CH2-]CC[CH-]C1CCCC1[CH2-].[Y+3]. The molecule has 0 heterocycles. The van der Waals surface area contributed by atoms with Crippen molar-refractivity contribution in [1.82, 2.24) is 0 Å². The fraction of sp³-hybridized carbons (Fsp3) is 0.700. The first-order valence-corrected chi connectivity index (χ1v) is 4.30. The maximum atomic E-state index is 4.12. The first-order chi connectivity index (χ1) is 4.84. The predicted octanol–water partition coefficient (Wildman–Crippen LogP) is 3.05. The molecule has 1 heteroatoms. The number of unbranched alkanes of at least 4 members (excludes halogenated alkanes) is 1. The van der Waals surface area contributed by atoms with Crippen molar-refractivity contribution < 1.29 is 32.7 Å². The van der Waals surface area contributed by atoms with Crippen LogP contribution >= 0.6 is 0 Å². The Bertz CT molecular complexity index is 90.9. The summed E-state index contributed by atoms with van der Waals surface area (Å²) in [5, 5.41) is 0. The van der Waals surface area contributed by atoms with Crippen LogP contribution in [0.1, 0.15) is 32.1 Å². The summed E-state index contributed by atoms with van der Waals surface area (Å²) in [5.74, 6) is 1.51. The molecule has 0 radical (unpaired) electrons. The molecule has 1 aliphatic rings. The molecular weight excluding hydrogens is 209 g/mol. The summed E-state index contributed by atoms with van der Waals surface area (Å²) in [5.41, 5.74) is 0. The molecule has 60 valence electrons. The summed E-state index contributed by atoms with van der Waals surface area (Å²) in [4.78, 5) is 0. The van der Waals surface area contributed by atoms with Gasteiger partial charge in [0, 0.05) is 0 Å². The van der Waals surface area contributed by atoms with E-state index in [0.29, 0.717) is 5.92 Å². The van der Waals surface area contributed by atoms with Crippen LogP contribution in [0.2, 0.25) is 0 Å². The van der Waals surface area contributed by atoms with E-state index in [4.69, 9.17) is 0 Å². The molecule has 0 aliphatic heterocycles. The van der Waals surface area contributed by atoms with Gasteiger partial charge >= 0.3 is 32.7 Å². The van der Waals surface area contributed by atoms with Gasteiger partial charge in [0.25, 0.3) is 0 Å². The minimum absolute atomic E-state index is 0.